The highest BCUT2D eigenvalue weighted by Crippen LogP contribution is 2.23. The smallest absolute Gasteiger partial charge is 0.254 e. The summed E-state index contributed by atoms with van der Waals surface area (Å²) in [6.45, 7) is 4.46. The Labute approximate surface area is 135 Å². The van der Waals surface area contributed by atoms with Gasteiger partial charge in [-0.2, -0.15) is 5.26 Å². The minimum absolute atomic E-state index is 0.0938. The highest BCUT2D eigenvalue weighted by molar-refractivity contribution is 6.29. The first-order valence-electron chi connectivity index (χ1n) is 6.99. The van der Waals surface area contributed by atoms with Crippen LogP contribution in [0.2, 0.25) is 5.15 Å². The van der Waals surface area contributed by atoms with Crippen molar-refractivity contribution in [1.29, 1.82) is 5.26 Å². The van der Waals surface area contributed by atoms with Crippen molar-refractivity contribution in [2.24, 2.45) is 0 Å². The average Bonchev–Trinajstić information content (AvgIpc) is 2.55. The van der Waals surface area contributed by atoms with Crippen LogP contribution in [-0.2, 0) is 0 Å². The lowest BCUT2D eigenvalue weighted by molar-refractivity contribution is 0.0702. The van der Waals surface area contributed by atoms with Gasteiger partial charge in [-0.15, -0.1) is 0 Å². The van der Waals surface area contributed by atoms with Crippen LogP contribution in [0.15, 0.2) is 42.6 Å². The standard InChI is InChI=1S/C17H16ClN3O/c1-3-21(17(22)15-8-9-20-16(18)10-15)12(2)14-6-4-13(11-19)5-7-14/h4-10,12H,3H2,1-2H3. The van der Waals surface area contributed by atoms with Crippen molar-refractivity contribution in [3.05, 3.63) is 64.4 Å². The number of halogens is 1. The molecule has 4 nitrogen and oxygen atoms in total. The normalized spacial score (nSPS) is 11.5. The summed E-state index contributed by atoms with van der Waals surface area (Å²) < 4.78 is 0. The Hall–Kier alpha value is -2.38. The second-order valence-electron chi connectivity index (χ2n) is 4.87. The van der Waals surface area contributed by atoms with E-state index in [-0.39, 0.29) is 11.9 Å². The van der Waals surface area contributed by atoms with Gasteiger partial charge >= 0.3 is 0 Å². The van der Waals surface area contributed by atoms with Crippen LogP contribution in [0.1, 0.15) is 41.4 Å². The molecule has 5 heteroatoms. The lowest BCUT2D eigenvalue weighted by atomic mass is 10.0. The predicted octanol–water partition coefficient (Wildman–Crippen LogP) is 3.83. The van der Waals surface area contributed by atoms with E-state index in [1.165, 1.54) is 6.20 Å². The molecule has 0 aliphatic carbocycles. The summed E-state index contributed by atoms with van der Waals surface area (Å²) in [7, 11) is 0. The van der Waals surface area contributed by atoms with E-state index in [0.29, 0.717) is 22.8 Å². The number of rotatable bonds is 4. The maximum atomic E-state index is 12.7. The summed E-state index contributed by atoms with van der Waals surface area (Å²) >= 11 is 5.85. The molecule has 0 spiro atoms. The highest BCUT2D eigenvalue weighted by Gasteiger charge is 2.21. The topological polar surface area (TPSA) is 57.0 Å². The van der Waals surface area contributed by atoms with Crippen LogP contribution in [0.5, 0.6) is 0 Å². The maximum Gasteiger partial charge on any atom is 0.254 e. The molecule has 2 rings (SSSR count). The third-order valence-corrected chi connectivity index (χ3v) is 3.77. The summed E-state index contributed by atoms with van der Waals surface area (Å²) in [5.74, 6) is -0.0938. The van der Waals surface area contributed by atoms with Gasteiger partial charge in [0.25, 0.3) is 5.91 Å². The van der Waals surface area contributed by atoms with Crippen LogP contribution in [0.3, 0.4) is 0 Å². The van der Waals surface area contributed by atoms with Gasteiger partial charge < -0.3 is 4.90 Å². The van der Waals surface area contributed by atoms with E-state index in [1.807, 2.05) is 26.0 Å². The zero-order chi connectivity index (χ0) is 16.1. The highest BCUT2D eigenvalue weighted by atomic mass is 35.5. The lowest BCUT2D eigenvalue weighted by Crippen LogP contribution is -2.33. The van der Waals surface area contributed by atoms with Gasteiger partial charge in [0.05, 0.1) is 17.7 Å². The van der Waals surface area contributed by atoms with E-state index >= 15 is 0 Å². The number of carbonyl (C=O) groups is 1. The van der Waals surface area contributed by atoms with Crippen LogP contribution in [0.25, 0.3) is 0 Å². The number of hydrogen-bond acceptors (Lipinski definition) is 3. The van der Waals surface area contributed by atoms with E-state index in [0.717, 1.165) is 5.56 Å². The SMILES string of the molecule is CCN(C(=O)c1ccnc(Cl)c1)C(C)c1ccc(C#N)cc1. The van der Waals surface area contributed by atoms with E-state index in [2.05, 4.69) is 11.1 Å². The zero-order valence-corrected chi connectivity index (χ0v) is 13.2. The largest absolute Gasteiger partial charge is 0.332 e. The second-order valence-corrected chi connectivity index (χ2v) is 5.26. The molecule has 1 unspecified atom stereocenters. The summed E-state index contributed by atoms with van der Waals surface area (Å²) in [4.78, 5) is 18.3. The van der Waals surface area contributed by atoms with Gasteiger partial charge in [0.15, 0.2) is 0 Å². The van der Waals surface area contributed by atoms with E-state index < -0.39 is 0 Å². The van der Waals surface area contributed by atoms with Gasteiger partial charge in [0.2, 0.25) is 0 Å². The van der Waals surface area contributed by atoms with Crippen molar-refractivity contribution >= 4 is 17.5 Å². The molecule has 0 bridgehead atoms. The van der Waals surface area contributed by atoms with Gasteiger partial charge in [-0.3, -0.25) is 4.79 Å². The number of hydrogen-bond donors (Lipinski definition) is 0. The molecular weight excluding hydrogens is 298 g/mol. The van der Waals surface area contributed by atoms with Crippen molar-refractivity contribution < 1.29 is 4.79 Å². The molecule has 112 valence electrons. The zero-order valence-electron chi connectivity index (χ0n) is 12.5. The van der Waals surface area contributed by atoms with Crippen LogP contribution in [0, 0.1) is 11.3 Å². The Kier molecular flexibility index (Phi) is 5.13. The van der Waals surface area contributed by atoms with E-state index in [4.69, 9.17) is 16.9 Å². The van der Waals surface area contributed by atoms with Crippen LogP contribution in [-0.4, -0.2) is 22.3 Å². The molecule has 1 aromatic heterocycles. The monoisotopic (exact) mass is 313 g/mol. The number of carbonyl (C=O) groups excluding carboxylic acids is 1. The minimum atomic E-state index is -0.0998. The molecule has 1 heterocycles. The summed E-state index contributed by atoms with van der Waals surface area (Å²) in [6.07, 6.45) is 1.52. The van der Waals surface area contributed by atoms with Gasteiger partial charge in [0, 0.05) is 18.3 Å². The first kappa shape index (κ1) is 16.0. The Balaban J connectivity index is 2.26. The fraction of sp³-hybridized carbons (Fsp3) is 0.235. The minimum Gasteiger partial charge on any atom is -0.332 e. The molecule has 0 aliphatic heterocycles. The summed E-state index contributed by atoms with van der Waals surface area (Å²) in [5, 5.41) is 9.15. The molecule has 0 fully saturated rings. The molecule has 0 N–H and O–H groups in total. The number of nitriles is 1. The molecule has 0 radical (unpaired) electrons. The molecule has 2 aromatic rings. The molecule has 0 aliphatic rings. The summed E-state index contributed by atoms with van der Waals surface area (Å²) in [6, 6.07) is 12.5. The lowest BCUT2D eigenvalue weighted by Gasteiger charge is -2.28. The van der Waals surface area contributed by atoms with Gasteiger partial charge in [-0.05, 0) is 43.7 Å². The Morgan fingerprint density at radius 3 is 2.59 bits per heavy atom. The quantitative estimate of drug-likeness (QED) is 0.806. The van der Waals surface area contributed by atoms with E-state index in [1.54, 1.807) is 29.2 Å². The molecule has 22 heavy (non-hydrogen) atoms. The van der Waals surface area contributed by atoms with Crippen molar-refractivity contribution in [3.8, 4) is 6.07 Å². The van der Waals surface area contributed by atoms with Crippen molar-refractivity contribution in [3.63, 3.8) is 0 Å². The molecule has 1 atom stereocenters. The van der Waals surface area contributed by atoms with Gasteiger partial charge in [-0.25, -0.2) is 4.98 Å². The van der Waals surface area contributed by atoms with Gasteiger partial charge in [-0.1, -0.05) is 23.7 Å². The molecular formula is C17H16ClN3O. The number of nitrogens with zero attached hydrogens (tertiary/aromatic N) is 3. The molecule has 1 amide bonds. The van der Waals surface area contributed by atoms with Crippen molar-refractivity contribution in [2.45, 2.75) is 19.9 Å². The Bertz CT molecular complexity index is 707. The second kappa shape index (κ2) is 7.06. The third kappa shape index (κ3) is 3.44. The maximum absolute atomic E-state index is 12.7. The van der Waals surface area contributed by atoms with Crippen LogP contribution >= 0.6 is 11.6 Å². The number of amides is 1. The molecule has 1 aromatic carbocycles. The number of benzene rings is 1. The average molecular weight is 314 g/mol. The van der Waals surface area contributed by atoms with Crippen LogP contribution in [0.4, 0.5) is 0 Å². The fourth-order valence-corrected chi connectivity index (χ4v) is 2.48. The van der Waals surface area contributed by atoms with E-state index in [9.17, 15) is 4.79 Å². The van der Waals surface area contributed by atoms with Gasteiger partial charge in [0.1, 0.15) is 5.15 Å². The van der Waals surface area contributed by atoms with Crippen LogP contribution < -0.4 is 0 Å². The molecule has 0 saturated heterocycles. The van der Waals surface area contributed by atoms with Crippen molar-refractivity contribution in [1.82, 2.24) is 9.88 Å². The number of aromatic nitrogens is 1. The molecule has 0 saturated carbocycles. The Morgan fingerprint density at radius 2 is 2.05 bits per heavy atom. The first-order chi connectivity index (χ1) is 10.6. The third-order valence-electron chi connectivity index (χ3n) is 3.56. The first-order valence-corrected chi connectivity index (χ1v) is 7.37. The summed E-state index contributed by atoms with van der Waals surface area (Å²) in [5.41, 5.74) is 2.10. The predicted molar refractivity (Wildman–Crippen MR) is 85.5 cm³/mol. The number of pyridine rings is 1. The van der Waals surface area contributed by atoms with Crippen molar-refractivity contribution in [2.75, 3.05) is 6.54 Å². The Morgan fingerprint density at radius 1 is 1.36 bits per heavy atom. The fourth-order valence-electron chi connectivity index (χ4n) is 2.31.